The fourth-order valence-electron chi connectivity index (χ4n) is 1.91. The fraction of sp³-hybridized carbons (Fsp3) is 0.583. The van der Waals surface area contributed by atoms with Gasteiger partial charge in [0.1, 0.15) is 12.1 Å². The maximum atomic E-state index is 10.7. The molecule has 0 bridgehead atoms. The summed E-state index contributed by atoms with van der Waals surface area (Å²) in [4.78, 5) is 21.1. The van der Waals surface area contributed by atoms with Gasteiger partial charge >= 0.3 is 5.97 Å². The van der Waals surface area contributed by atoms with Crippen LogP contribution in [0.4, 0.5) is 5.82 Å². The molecule has 1 aliphatic heterocycles. The van der Waals surface area contributed by atoms with Crippen LogP contribution in [0.2, 0.25) is 0 Å². The Morgan fingerprint density at radius 1 is 1.53 bits per heavy atom. The van der Waals surface area contributed by atoms with E-state index in [0.29, 0.717) is 19.0 Å². The predicted molar refractivity (Wildman–Crippen MR) is 63.9 cm³/mol. The quantitative estimate of drug-likeness (QED) is 0.849. The van der Waals surface area contributed by atoms with E-state index in [9.17, 15) is 4.79 Å². The first-order chi connectivity index (χ1) is 8.06. The van der Waals surface area contributed by atoms with Gasteiger partial charge in [-0.2, -0.15) is 0 Å². The molecule has 2 heterocycles. The first kappa shape index (κ1) is 11.8. The number of carboxylic acids is 1. The minimum Gasteiger partial charge on any atom is -0.481 e. The van der Waals surface area contributed by atoms with Crippen molar-refractivity contribution in [2.45, 2.75) is 20.3 Å². The molecule has 1 aromatic heterocycles. The lowest BCUT2D eigenvalue weighted by molar-refractivity contribution is -0.142. The van der Waals surface area contributed by atoms with Gasteiger partial charge < -0.3 is 10.0 Å². The monoisotopic (exact) mass is 235 g/mol. The minimum atomic E-state index is -0.724. The smallest absolute Gasteiger partial charge is 0.310 e. The Hall–Kier alpha value is -1.65. The van der Waals surface area contributed by atoms with E-state index in [1.807, 2.05) is 11.0 Å². The summed E-state index contributed by atoms with van der Waals surface area (Å²) in [6, 6.07) is 1.96. The Morgan fingerprint density at radius 3 is 2.82 bits per heavy atom. The summed E-state index contributed by atoms with van der Waals surface area (Å²) in [7, 11) is 0. The minimum absolute atomic E-state index is 0.251. The van der Waals surface area contributed by atoms with E-state index in [1.54, 1.807) is 6.33 Å². The normalized spacial score (nSPS) is 16.1. The molecular formula is C12H17N3O2. The number of aliphatic carboxylic acids is 1. The molecule has 0 unspecified atom stereocenters. The van der Waals surface area contributed by atoms with Crippen molar-refractivity contribution < 1.29 is 9.90 Å². The third-order valence-electron chi connectivity index (χ3n) is 2.88. The molecule has 0 aromatic carbocycles. The number of anilines is 1. The van der Waals surface area contributed by atoms with Gasteiger partial charge in [-0.1, -0.05) is 13.8 Å². The zero-order valence-electron chi connectivity index (χ0n) is 10.1. The molecule has 5 nitrogen and oxygen atoms in total. The second kappa shape index (κ2) is 4.69. The molecule has 1 N–H and O–H groups in total. The second-order valence-electron chi connectivity index (χ2n) is 4.91. The standard InChI is InChI=1S/C12H17N3O2/c1-8(2)3-10-4-11(14-7-13-10)15-5-9(6-15)12(16)17/h4,7-9H,3,5-6H2,1-2H3,(H,16,17). The molecule has 1 saturated heterocycles. The van der Waals surface area contributed by atoms with Crippen molar-refractivity contribution in [2.24, 2.45) is 11.8 Å². The highest BCUT2D eigenvalue weighted by molar-refractivity contribution is 5.74. The van der Waals surface area contributed by atoms with Crippen molar-refractivity contribution in [3.05, 3.63) is 18.1 Å². The third kappa shape index (κ3) is 2.72. The molecule has 0 amide bonds. The van der Waals surface area contributed by atoms with Crippen LogP contribution in [0, 0.1) is 11.8 Å². The van der Waals surface area contributed by atoms with Crippen LogP contribution >= 0.6 is 0 Å². The first-order valence-electron chi connectivity index (χ1n) is 5.85. The van der Waals surface area contributed by atoms with Crippen molar-refractivity contribution in [2.75, 3.05) is 18.0 Å². The van der Waals surface area contributed by atoms with Crippen molar-refractivity contribution in [3.63, 3.8) is 0 Å². The average molecular weight is 235 g/mol. The van der Waals surface area contributed by atoms with E-state index in [4.69, 9.17) is 5.11 Å². The zero-order chi connectivity index (χ0) is 12.4. The molecule has 0 aliphatic carbocycles. The lowest BCUT2D eigenvalue weighted by Crippen LogP contribution is -2.50. The highest BCUT2D eigenvalue weighted by atomic mass is 16.4. The Morgan fingerprint density at radius 2 is 2.24 bits per heavy atom. The first-order valence-corrected chi connectivity index (χ1v) is 5.85. The van der Waals surface area contributed by atoms with Crippen LogP contribution in [-0.2, 0) is 11.2 Å². The highest BCUT2D eigenvalue weighted by Gasteiger charge is 2.33. The second-order valence-corrected chi connectivity index (χ2v) is 4.91. The summed E-state index contributed by atoms with van der Waals surface area (Å²) in [5, 5.41) is 8.81. The number of carboxylic acid groups (broad SMARTS) is 1. The lowest BCUT2D eigenvalue weighted by atomic mass is 10.0. The Labute approximate surface area is 100 Å². The van der Waals surface area contributed by atoms with Crippen LogP contribution < -0.4 is 4.90 Å². The van der Waals surface area contributed by atoms with Gasteiger partial charge in [0.15, 0.2) is 0 Å². The van der Waals surface area contributed by atoms with Gasteiger partial charge in [0.05, 0.1) is 5.92 Å². The largest absolute Gasteiger partial charge is 0.481 e. The van der Waals surface area contributed by atoms with E-state index in [1.165, 1.54) is 0 Å². The van der Waals surface area contributed by atoms with Crippen LogP contribution in [-0.4, -0.2) is 34.1 Å². The van der Waals surface area contributed by atoms with E-state index < -0.39 is 5.97 Å². The summed E-state index contributed by atoms with van der Waals surface area (Å²) in [6.07, 6.45) is 2.48. The summed E-state index contributed by atoms with van der Waals surface area (Å²) >= 11 is 0. The van der Waals surface area contributed by atoms with Crippen LogP contribution in [0.1, 0.15) is 19.5 Å². The number of rotatable bonds is 4. The van der Waals surface area contributed by atoms with E-state index >= 15 is 0 Å². The molecule has 1 aromatic rings. The van der Waals surface area contributed by atoms with Gasteiger partial charge in [-0.25, -0.2) is 9.97 Å². The Balaban J connectivity index is 2.00. The van der Waals surface area contributed by atoms with E-state index in [2.05, 4.69) is 23.8 Å². The number of aromatic nitrogens is 2. The van der Waals surface area contributed by atoms with Crippen molar-refractivity contribution >= 4 is 11.8 Å². The molecule has 0 saturated carbocycles. The van der Waals surface area contributed by atoms with Crippen molar-refractivity contribution in [1.29, 1.82) is 0 Å². The van der Waals surface area contributed by atoms with Crippen LogP contribution in [0.3, 0.4) is 0 Å². The van der Waals surface area contributed by atoms with Gasteiger partial charge in [0.25, 0.3) is 0 Å². The van der Waals surface area contributed by atoms with E-state index in [0.717, 1.165) is 17.9 Å². The molecule has 0 atom stereocenters. The third-order valence-corrected chi connectivity index (χ3v) is 2.88. The highest BCUT2D eigenvalue weighted by Crippen LogP contribution is 2.23. The summed E-state index contributed by atoms with van der Waals surface area (Å²) in [6.45, 7) is 5.39. The number of nitrogens with zero attached hydrogens (tertiary/aromatic N) is 3. The molecule has 5 heteroatoms. The van der Waals surface area contributed by atoms with Crippen LogP contribution in [0.25, 0.3) is 0 Å². The molecule has 92 valence electrons. The molecule has 1 fully saturated rings. The number of carbonyl (C=O) groups is 1. The summed E-state index contributed by atoms with van der Waals surface area (Å²) in [5.41, 5.74) is 1.02. The average Bonchev–Trinajstić information content (AvgIpc) is 2.13. The van der Waals surface area contributed by atoms with Gasteiger partial charge in [-0.3, -0.25) is 4.79 Å². The van der Waals surface area contributed by atoms with Crippen LogP contribution in [0.15, 0.2) is 12.4 Å². The summed E-state index contributed by atoms with van der Waals surface area (Å²) in [5.74, 6) is 0.422. The van der Waals surface area contributed by atoms with E-state index in [-0.39, 0.29) is 5.92 Å². The fourth-order valence-corrected chi connectivity index (χ4v) is 1.91. The van der Waals surface area contributed by atoms with Crippen molar-refractivity contribution in [3.8, 4) is 0 Å². The predicted octanol–water partition coefficient (Wildman–Crippen LogP) is 1.20. The molecule has 17 heavy (non-hydrogen) atoms. The number of hydrogen-bond donors (Lipinski definition) is 1. The molecule has 1 aliphatic rings. The topological polar surface area (TPSA) is 66.3 Å². The number of hydrogen-bond acceptors (Lipinski definition) is 4. The SMILES string of the molecule is CC(C)Cc1cc(N2CC(C(=O)O)C2)ncn1. The Kier molecular flexibility index (Phi) is 3.26. The Bertz CT molecular complexity index is 414. The van der Waals surface area contributed by atoms with Gasteiger partial charge in [0.2, 0.25) is 0 Å². The molecular weight excluding hydrogens is 218 g/mol. The summed E-state index contributed by atoms with van der Waals surface area (Å²) < 4.78 is 0. The van der Waals surface area contributed by atoms with Gasteiger partial charge in [-0.15, -0.1) is 0 Å². The maximum absolute atomic E-state index is 10.7. The van der Waals surface area contributed by atoms with Crippen molar-refractivity contribution in [1.82, 2.24) is 9.97 Å². The van der Waals surface area contributed by atoms with Gasteiger partial charge in [0, 0.05) is 24.8 Å². The molecule has 0 spiro atoms. The maximum Gasteiger partial charge on any atom is 0.310 e. The lowest BCUT2D eigenvalue weighted by Gasteiger charge is -2.37. The zero-order valence-corrected chi connectivity index (χ0v) is 10.1. The van der Waals surface area contributed by atoms with Crippen LogP contribution in [0.5, 0.6) is 0 Å². The molecule has 0 radical (unpaired) electrons. The molecule has 2 rings (SSSR count). The van der Waals surface area contributed by atoms with Gasteiger partial charge in [-0.05, 0) is 12.3 Å².